The zero-order chi connectivity index (χ0) is 17.5. The Labute approximate surface area is 144 Å². The molecule has 0 aromatic rings. The molecule has 132 valence electrons. The van der Waals surface area contributed by atoms with Crippen molar-refractivity contribution in [1.82, 2.24) is 15.5 Å². The fourth-order valence-corrected chi connectivity index (χ4v) is 3.24. The van der Waals surface area contributed by atoms with Crippen LogP contribution in [0.1, 0.15) is 39.5 Å². The molecule has 0 aliphatic carbocycles. The van der Waals surface area contributed by atoms with Crippen molar-refractivity contribution in [3.05, 3.63) is 36.5 Å². The van der Waals surface area contributed by atoms with Crippen LogP contribution in [-0.4, -0.2) is 47.9 Å². The van der Waals surface area contributed by atoms with Crippen molar-refractivity contribution in [3.8, 4) is 0 Å². The van der Waals surface area contributed by atoms with E-state index in [1.807, 2.05) is 38.2 Å². The van der Waals surface area contributed by atoms with Crippen molar-refractivity contribution in [2.24, 2.45) is 0 Å². The van der Waals surface area contributed by atoms with Crippen LogP contribution in [0.15, 0.2) is 36.5 Å². The summed E-state index contributed by atoms with van der Waals surface area (Å²) in [5, 5.41) is 6.22. The zero-order valence-electron chi connectivity index (χ0n) is 14.8. The Kier molecular flexibility index (Phi) is 6.79. The zero-order valence-corrected chi connectivity index (χ0v) is 14.8. The first-order chi connectivity index (χ1) is 11.5. The van der Waals surface area contributed by atoms with E-state index in [4.69, 9.17) is 0 Å². The third kappa shape index (κ3) is 4.57. The monoisotopic (exact) mass is 331 g/mol. The van der Waals surface area contributed by atoms with E-state index in [1.54, 1.807) is 4.90 Å². The Morgan fingerprint density at radius 1 is 1.29 bits per heavy atom. The van der Waals surface area contributed by atoms with Gasteiger partial charge in [-0.1, -0.05) is 30.9 Å². The minimum atomic E-state index is -0.352. The highest BCUT2D eigenvalue weighted by molar-refractivity contribution is 5.90. The standard InChI is InChI=1S/C19H29N3O2/c1-4-5-6-9-14(2)15(3)21-18(23)17-11-8-13-22(17)19(24)16-10-7-12-20-16/h4-6,9,15-17,20H,2,7-8,10-13H2,1,3H3,(H,21,23)/b5-4-,9-6-/t15?,16?,17-/m1/s1. The van der Waals surface area contributed by atoms with Gasteiger partial charge in [-0.05, 0) is 51.6 Å². The van der Waals surface area contributed by atoms with Crippen molar-refractivity contribution < 1.29 is 9.59 Å². The maximum absolute atomic E-state index is 12.6. The molecule has 5 nitrogen and oxygen atoms in total. The van der Waals surface area contributed by atoms with Crippen LogP contribution < -0.4 is 10.6 Å². The summed E-state index contributed by atoms with van der Waals surface area (Å²) in [4.78, 5) is 27.0. The van der Waals surface area contributed by atoms with E-state index in [0.717, 1.165) is 37.8 Å². The summed E-state index contributed by atoms with van der Waals surface area (Å²) >= 11 is 0. The van der Waals surface area contributed by atoms with Crippen molar-refractivity contribution >= 4 is 11.8 Å². The maximum atomic E-state index is 12.6. The lowest BCUT2D eigenvalue weighted by atomic mass is 10.1. The van der Waals surface area contributed by atoms with Gasteiger partial charge < -0.3 is 15.5 Å². The molecule has 0 spiro atoms. The van der Waals surface area contributed by atoms with Crippen LogP contribution in [0.2, 0.25) is 0 Å². The van der Waals surface area contributed by atoms with Gasteiger partial charge >= 0.3 is 0 Å². The molecule has 0 saturated carbocycles. The molecule has 0 bridgehead atoms. The fraction of sp³-hybridized carbons (Fsp3) is 0.579. The average molecular weight is 331 g/mol. The molecule has 3 atom stereocenters. The number of hydrogen-bond acceptors (Lipinski definition) is 3. The van der Waals surface area contributed by atoms with Gasteiger partial charge in [0.2, 0.25) is 11.8 Å². The highest BCUT2D eigenvalue weighted by atomic mass is 16.2. The van der Waals surface area contributed by atoms with Crippen molar-refractivity contribution in [3.63, 3.8) is 0 Å². The summed E-state index contributed by atoms with van der Waals surface area (Å²) in [6.07, 6.45) is 11.2. The molecule has 2 unspecified atom stereocenters. The second kappa shape index (κ2) is 8.83. The fourth-order valence-electron chi connectivity index (χ4n) is 3.24. The van der Waals surface area contributed by atoms with Gasteiger partial charge in [0.15, 0.2) is 0 Å². The molecular formula is C19H29N3O2. The molecule has 5 heteroatoms. The number of hydrogen-bond donors (Lipinski definition) is 2. The van der Waals surface area contributed by atoms with E-state index in [0.29, 0.717) is 6.54 Å². The van der Waals surface area contributed by atoms with Crippen LogP contribution in [0.25, 0.3) is 0 Å². The number of likely N-dealkylation sites (tertiary alicyclic amines) is 1. The van der Waals surface area contributed by atoms with Crippen molar-refractivity contribution in [1.29, 1.82) is 0 Å². The van der Waals surface area contributed by atoms with Crippen LogP contribution in [0.3, 0.4) is 0 Å². The third-order valence-corrected chi connectivity index (χ3v) is 4.73. The lowest BCUT2D eigenvalue weighted by molar-refractivity contribution is -0.139. The van der Waals surface area contributed by atoms with Gasteiger partial charge in [0.25, 0.3) is 0 Å². The summed E-state index contributed by atoms with van der Waals surface area (Å²) < 4.78 is 0. The van der Waals surface area contributed by atoms with Crippen molar-refractivity contribution in [2.75, 3.05) is 13.1 Å². The highest BCUT2D eigenvalue weighted by Gasteiger charge is 2.38. The van der Waals surface area contributed by atoms with E-state index < -0.39 is 0 Å². The number of rotatable bonds is 6. The summed E-state index contributed by atoms with van der Waals surface area (Å²) in [6.45, 7) is 9.42. The number of amides is 2. The second-order valence-corrected chi connectivity index (χ2v) is 6.53. The second-order valence-electron chi connectivity index (χ2n) is 6.53. The van der Waals surface area contributed by atoms with Crippen LogP contribution in [-0.2, 0) is 9.59 Å². The molecule has 0 radical (unpaired) electrons. The van der Waals surface area contributed by atoms with Gasteiger partial charge in [0.1, 0.15) is 6.04 Å². The molecule has 2 aliphatic heterocycles. The predicted molar refractivity (Wildman–Crippen MR) is 96.5 cm³/mol. The Morgan fingerprint density at radius 3 is 2.75 bits per heavy atom. The van der Waals surface area contributed by atoms with Crippen molar-refractivity contribution in [2.45, 2.75) is 57.7 Å². The molecule has 2 rings (SSSR count). The quantitative estimate of drug-likeness (QED) is 0.731. The van der Waals surface area contributed by atoms with E-state index in [1.165, 1.54) is 0 Å². The minimum absolute atomic E-state index is 0.0737. The summed E-state index contributed by atoms with van der Waals surface area (Å²) in [5.41, 5.74) is 0.842. The average Bonchev–Trinajstić information content (AvgIpc) is 3.25. The maximum Gasteiger partial charge on any atom is 0.243 e. The van der Waals surface area contributed by atoms with Gasteiger partial charge in [-0.25, -0.2) is 0 Å². The highest BCUT2D eigenvalue weighted by Crippen LogP contribution is 2.21. The van der Waals surface area contributed by atoms with Crippen LogP contribution >= 0.6 is 0 Å². The van der Waals surface area contributed by atoms with E-state index >= 15 is 0 Å². The smallest absolute Gasteiger partial charge is 0.243 e. The number of nitrogens with one attached hydrogen (secondary N) is 2. The number of nitrogens with zero attached hydrogens (tertiary/aromatic N) is 1. The SMILES string of the molecule is C=C(/C=C\C=C/C)C(C)NC(=O)[C@H]1CCCN1C(=O)C1CCCN1. The molecule has 2 aliphatic rings. The van der Waals surface area contributed by atoms with E-state index in [-0.39, 0.29) is 29.9 Å². The molecule has 2 fully saturated rings. The molecule has 24 heavy (non-hydrogen) atoms. The lowest BCUT2D eigenvalue weighted by Crippen LogP contribution is -2.52. The van der Waals surface area contributed by atoms with Gasteiger partial charge in [-0.2, -0.15) is 0 Å². The van der Waals surface area contributed by atoms with E-state index in [2.05, 4.69) is 17.2 Å². The molecule has 0 aromatic carbocycles. The number of carbonyl (C=O) groups is 2. The Balaban J connectivity index is 1.92. The lowest BCUT2D eigenvalue weighted by Gasteiger charge is -2.28. The summed E-state index contributed by atoms with van der Waals surface area (Å²) in [6, 6.07) is -0.620. The predicted octanol–water partition coefficient (Wildman–Crippen LogP) is 1.92. The summed E-state index contributed by atoms with van der Waals surface area (Å²) in [7, 11) is 0. The largest absolute Gasteiger partial charge is 0.348 e. The Bertz CT molecular complexity index is 533. The first-order valence-corrected chi connectivity index (χ1v) is 8.87. The Hall–Kier alpha value is -1.88. The van der Waals surface area contributed by atoms with Crippen LogP contribution in [0.4, 0.5) is 0 Å². The third-order valence-electron chi connectivity index (χ3n) is 4.73. The van der Waals surface area contributed by atoms with Gasteiger partial charge in [-0.3, -0.25) is 9.59 Å². The van der Waals surface area contributed by atoms with Gasteiger partial charge in [-0.15, -0.1) is 0 Å². The van der Waals surface area contributed by atoms with E-state index in [9.17, 15) is 9.59 Å². The molecular weight excluding hydrogens is 302 g/mol. The molecule has 2 amide bonds. The first-order valence-electron chi connectivity index (χ1n) is 8.87. The number of allylic oxidation sites excluding steroid dienone is 3. The normalized spacial score (nSPS) is 25.5. The van der Waals surface area contributed by atoms with Crippen LogP contribution in [0, 0.1) is 0 Å². The minimum Gasteiger partial charge on any atom is -0.348 e. The number of carbonyl (C=O) groups excluding carboxylic acids is 2. The molecule has 2 heterocycles. The first kappa shape index (κ1) is 18.5. The molecule has 2 N–H and O–H groups in total. The topological polar surface area (TPSA) is 61.4 Å². The Morgan fingerprint density at radius 2 is 2.08 bits per heavy atom. The van der Waals surface area contributed by atoms with Gasteiger partial charge in [0.05, 0.1) is 12.1 Å². The van der Waals surface area contributed by atoms with Crippen LogP contribution in [0.5, 0.6) is 0 Å². The van der Waals surface area contributed by atoms with Gasteiger partial charge in [0, 0.05) is 6.54 Å². The molecule has 0 aromatic heterocycles. The summed E-state index contributed by atoms with van der Waals surface area (Å²) in [5.74, 6) is -0.00320. The molecule has 2 saturated heterocycles.